The van der Waals surface area contributed by atoms with Crippen LogP contribution in [0.15, 0.2) is 72.8 Å². The number of amides is 2. The highest BCUT2D eigenvalue weighted by Gasteiger charge is 2.41. The normalized spacial score (nSPS) is 11.8. The maximum atomic E-state index is 13.1. The Morgan fingerprint density at radius 1 is 0.700 bits per heavy atom. The quantitative estimate of drug-likeness (QED) is 0.243. The van der Waals surface area contributed by atoms with E-state index in [-0.39, 0.29) is 28.2 Å². The monoisotopic (exact) mass is 570 g/mol. The average Bonchev–Trinajstić information content (AvgIpc) is 2.97. The second-order valence-electron chi connectivity index (χ2n) is 7.90. The van der Waals surface area contributed by atoms with Gasteiger partial charge in [0, 0.05) is 10.6 Å². The van der Waals surface area contributed by atoms with E-state index in [4.69, 9.17) is 30.5 Å². The summed E-state index contributed by atoms with van der Waals surface area (Å²) >= 11 is 5.81. The number of carboxylic acid groups (broad SMARTS) is 1. The van der Waals surface area contributed by atoms with Gasteiger partial charge in [0.1, 0.15) is 11.5 Å². The highest BCUT2D eigenvalue weighted by molar-refractivity contribution is 6.30. The summed E-state index contributed by atoms with van der Waals surface area (Å²) in [5, 5.41) is 10.2. The van der Waals surface area contributed by atoms with Crippen molar-refractivity contribution in [2.75, 3.05) is 14.2 Å². The van der Waals surface area contributed by atoms with Crippen molar-refractivity contribution in [3.05, 3.63) is 94.5 Å². The number of nitrogens with one attached hydrogen (secondary N) is 2. The fourth-order valence-electron chi connectivity index (χ4n) is 3.22. The Morgan fingerprint density at radius 2 is 1.20 bits per heavy atom. The molecule has 208 valence electrons. The SMILES string of the molecule is COc1cccc(C(=O)O[C@H](C(=O)O)[C@@H](OC(=O)c2cccc(OC)c2)C(=O)NNC(=O)c2ccc(Cl)cc2)c1. The minimum atomic E-state index is -2.32. The van der Waals surface area contributed by atoms with E-state index < -0.39 is 41.9 Å². The molecule has 2 atom stereocenters. The van der Waals surface area contributed by atoms with Gasteiger partial charge in [-0.05, 0) is 60.7 Å². The van der Waals surface area contributed by atoms with Crippen molar-refractivity contribution in [3.63, 3.8) is 0 Å². The number of methoxy groups -OCH3 is 2. The van der Waals surface area contributed by atoms with Crippen LogP contribution in [0.5, 0.6) is 11.5 Å². The van der Waals surface area contributed by atoms with Crippen LogP contribution in [0.3, 0.4) is 0 Å². The van der Waals surface area contributed by atoms with Crippen molar-refractivity contribution in [2.45, 2.75) is 12.2 Å². The summed E-state index contributed by atoms with van der Waals surface area (Å²) in [5.41, 5.74) is 3.99. The molecule has 0 radical (unpaired) electrons. The first-order valence-electron chi connectivity index (χ1n) is 11.4. The number of ether oxygens (including phenoxy) is 4. The standard InChI is InChI=1S/C27H23ClN2O10/c1-37-19-7-3-5-16(13-19)26(35)39-21(24(32)30-29-23(31)15-9-11-18(28)12-10-15)22(25(33)34)40-27(36)17-6-4-8-20(14-17)38-2/h3-14,21-22H,1-2H3,(H,29,31)(H,30,32)(H,33,34)/t21-,22+/m1/s1. The molecule has 0 unspecified atom stereocenters. The Bertz CT molecular complexity index is 1410. The zero-order valence-corrected chi connectivity index (χ0v) is 21.8. The van der Waals surface area contributed by atoms with Gasteiger partial charge in [-0.15, -0.1) is 0 Å². The third kappa shape index (κ3) is 7.71. The molecule has 0 bridgehead atoms. The molecule has 0 spiro atoms. The van der Waals surface area contributed by atoms with Gasteiger partial charge in [0.05, 0.1) is 25.3 Å². The molecule has 0 fully saturated rings. The summed E-state index contributed by atoms with van der Waals surface area (Å²) in [4.78, 5) is 63.3. The van der Waals surface area contributed by atoms with Gasteiger partial charge in [0.15, 0.2) is 0 Å². The fraction of sp³-hybridized carbons (Fsp3) is 0.148. The minimum absolute atomic E-state index is 0.0920. The van der Waals surface area contributed by atoms with Gasteiger partial charge in [-0.2, -0.15) is 0 Å². The van der Waals surface area contributed by atoms with E-state index in [1.54, 1.807) is 12.1 Å². The largest absolute Gasteiger partial charge is 0.497 e. The predicted octanol–water partition coefficient (Wildman–Crippen LogP) is 2.65. The molecule has 0 heterocycles. The molecule has 0 saturated heterocycles. The molecule has 0 aliphatic rings. The third-order valence-corrected chi connectivity index (χ3v) is 5.51. The summed E-state index contributed by atoms with van der Waals surface area (Å²) < 4.78 is 20.4. The second-order valence-corrected chi connectivity index (χ2v) is 8.34. The van der Waals surface area contributed by atoms with E-state index in [9.17, 15) is 29.1 Å². The van der Waals surface area contributed by atoms with Gasteiger partial charge in [-0.25, -0.2) is 14.4 Å². The van der Waals surface area contributed by atoms with Crippen LogP contribution in [0.25, 0.3) is 0 Å². The number of hydrazine groups is 1. The summed E-state index contributed by atoms with van der Waals surface area (Å²) in [7, 11) is 2.73. The lowest BCUT2D eigenvalue weighted by Crippen LogP contribution is -2.54. The van der Waals surface area contributed by atoms with Gasteiger partial charge in [0.25, 0.3) is 11.8 Å². The van der Waals surface area contributed by atoms with Gasteiger partial charge in [-0.1, -0.05) is 23.7 Å². The summed E-state index contributed by atoms with van der Waals surface area (Å²) in [6.07, 6.45) is -4.56. The molecule has 2 amide bonds. The van der Waals surface area contributed by atoms with E-state index in [1.165, 1.54) is 74.9 Å². The summed E-state index contributed by atoms with van der Waals surface area (Å²) in [6, 6.07) is 16.9. The van der Waals surface area contributed by atoms with E-state index in [2.05, 4.69) is 5.43 Å². The average molecular weight is 571 g/mol. The van der Waals surface area contributed by atoms with Crippen molar-refractivity contribution < 1.29 is 48.0 Å². The lowest BCUT2D eigenvalue weighted by Gasteiger charge is -2.23. The maximum Gasteiger partial charge on any atom is 0.349 e. The second kappa shape index (κ2) is 13.6. The Balaban J connectivity index is 1.87. The van der Waals surface area contributed by atoms with Crippen LogP contribution >= 0.6 is 11.6 Å². The summed E-state index contributed by atoms with van der Waals surface area (Å²) in [5.74, 6) is -5.61. The van der Waals surface area contributed by atoms with Crippen LogP contribution in [0.1, 0.15) is 31.1 Å². The Hall–Kier alpha value is -5.10. The molecule has 0 saturated carbocycles. The fourth-order valence-corrected chi connectivity index (χ4v) is 3.35. The number of hydrogen-bond donors (Lipinski definition) is 3. The van der Waals surface area contributed by atoms with Crippen molar-refractivity contribution in [1.29, 1.82) is 0 Å². The van der Waals surface area contributed by atoms with E-state index in [0.29, 0.717) is 5.02 Å². The Morgan fingerprint density at radius 3 is 1.68 bits per heavy atom. The van der Waals surface area contributed by atoms with Gasteiger partial charge in [0.2, 0.25) is 12.2 Å². The molecule has 3 aromatic rings. The number of aliphatic carboxylic acids is 1. The Kier molecular flexibility index (Phi) is 10.0. The molecule has 3 N–H and O–H groups in total. The topological polar surface area (TPSA) is 167 Å². The number of carbonyl (C=O) groups excluding carboxylic acids is 4. The van der Waals surface area contributed by atoms with Gasteiger partial charge >= 0.3 is 17.9 Å². The van der Waals surface area contributed by atoms with Crippen LogP contribution in [0.4, 0.5) is 0 Å². The molecule has 3 rings (SSSR count). The zero-order valence-electron chi connectivity index (χ0n) is 21.1. The molecule has 3 aromatic carbocycles. The first kappa shape index (κ1) is 29.5. The first-order chi connectivity index (χ1) is 19.1. The molecule has 0 aliphatic carbocycles. The number of rotatable bonds is 10. The lowest BCUT2D eigenvalue weighted by molar-refractivity contribution is -0.159. The Labute approximate surface area is 232 Å². The van der Waals surface area contributed by atoms with Crippen molar-refractivity contribution in [2.24, 2.45) is 0 Å². The highest BCUT2D eigenvalue weighted by Crippen LogP contribution is 2.18. The van der Waals surface area contributed by atoms with E-state index in [0.717, 1.165) is 0 Å². The molecule has 13 heteroatoms. The van der Waals surface area contributed by atoms with Crippen LogP contribution in [0, 0.1) is 0 Å². The predicted molar refractivity (Wildman–Crippen MR) is 139 cm³/mol. The highest BCUT2D eigenvalue weighted by atomic mass is 35.5. The van der Waals surface area contributed by atoms with Crippen LogP contribution in [-0.4, -0.2) is 61.3 Å². The van der Waals surface area contributed by atoms with Crippen molar-refractivity contribution in [3.8, 4) is 11.5 Å². The van der Waals surface area contributed by atoms with Gasteiger partial charge < -0.3 is 24.1 Å². The number of halogens is 1. The maximum absolute atomic E-state index is 13.1. The lowest BCUT2D eigenvalue weighted by atomic mass is 10.1. The van der Waals surface area contributed by atoms with E-state index >= 15 is 0 Å². The first-order valence-corrected chi connectivity index (χ1v) is 11.8. The molecular formula is C27H23ClN2O10. The molecule has 0 aromatic heterocycles. The number of carboxylic acids is 1. The molecule has 40 heavy (non-hydrogen) atoms. The van der Waals surface area contributed by atoms with Crippen LogP contribution < -0.4 is 20.3 Å². The number of esters is 2. The van der Waals surface area contributed by atoms with E-state index in [1.807, 2.05) is 5.43 Å². The van der Waals surface area contributed by atoms with Crippen molar-refractivity contribution in [1.82, 2.24) is 10.9 Å². The molecule has 12 nitrogen and oxygen atoms in total. The minimum Gasteiger partial charge on any atom is -0.497 e. The van der Waals surface area contributed by atoms with Crippen LogP contribution in [-0.2, 0) is 19.1 Å². The number of benzene rings is 3. The zero-order chi connectivity index (χ0) is 29.2. The summed E-state index contributed by atoms with van der Waals surface area (Å²) in [6.45, 7) is 0. The van der Waals surface area contributed by atoms with Gasteiger partial charge in [-0.3, -0.25) is 20.4 Å². The molecular weight excluding hydrogens is 548 g/mol. The van der Waals surface area contributed by atoms with Crippen LogP contribution in [0.2, 0.25) is 5.02 Å². The molecule has 0 aliphatic heterocycles. The number of hydrogen-bond acceptors (Lipinski definition) is 9. The van der Waals surface area contributed by atoms with Crippen molar-refractivity contribution >= 4 is 41.3 Å². The smallest absolute Gasteiger partial charge is 0.349 e. The third-order valence-electron chi connectivity index (χ3n) is 5.26. The number of carbonyl (C=O) groups is 5.